The van der Waals surface area contributed by atoms with E-state index in [1.165, 1.54) is 18.2 Å². The van der Waals surface area contributed by atoms with Crippen molar-refractivity contribution in [2.75, 3.05) is 5.32 Å². The smallest absolute Gasteiger partial charge is 0.260 e. The molecule has 0 atom stereocenters. The summed E-state index contributed by atoms with van der Waals surface area (Å²) in [5, 5.41) is 5.63. The van der Waals surface area contributed by atoms with E-state index in [1.54, 1.807) is 6.07 Å². The summed E-state index contributed by atoms with van der Waals surface area (Å²) in [5.74, 6) is -1.15. The van der Waals surface area contributed by atoms with Gasteiger partial charge in [0.25, 0.3) is 5.91 Å². The summed E-state index contributed by atoms with van der Waals surface area (Å²) in [6, 6.07) is 9.80. The first-order chi connectivity index (χ1) is 10.4. The van der Waals surface area contributed by atoms with Crippen molar-refractivity contribution in [3.8, 4) is 0 Å². The molecule has 0 unspecified atom stereocenters. The quantitative estimate of drug-likeness (QED) is 0.557. The molecule has 22 heavy (non-hydrogen) atoms. The highest BCUT2D eigenvalue weighted by Crippen LogP contribution is 2.23. The molecule has 3 nitrogen and oxygen atoms in total. The van der Waals surface area contributed by atoms with Gasteiger partial charge in [-0.05, 0) is 84.0 Å². The molecule has 0 aliphatic rings. The number of benzene rings is 2. The molecule has 0 bridgehead atoms. The minimum absolute atomic E-state index is 0.0392. The predicted octanol–water partition coefficient (Wildman–Crippen LogP) is 4.17. The largest absolute Gasteiger partial charge is 0.332 e. The Labute approximate surface area is 147 Å². The van der Waals surface area contributed by atoms with Crippen LogP contribution in [0.2, 0.25) is 0 Å². The van der Waals surface area contributed by atoms with Crippen molar-refractivity contribution in [3.63, 3.8) is 0 Å². The van der Waals surface area contributed by atoms with E-state index in [-0.39, 0.29) is 10.7 Å². The fourth-order valence-electron chi connectivity index (χ4n) is 2.07. The Kier molecular flexibility index (Phi) is 5.47. The molecule has 0 aliphatic heterocycles. The van der Waals surface area contributed by atoms with Gasteiger partial charge in [0.05, 0.1) is 5.56 Å². The molecule has 0 spiro atoms. The van der Waals surface area contributed by atoms with E-state index >= 15 is 0 Å². The molecule has 0 saturated heterocycles. The molecule has 1 amide bonds. The minimum atomic E-state index is -0.579. The molecule has 6 heteroatoms. The zero-order valence-electron chi connectivity index (χ0n) is 12.0. The number of halogens is 2. The van der Waals surface area contributed by atoms with Crippen LogP contribution in [0.15, 0.2) is 36.4 Å². The van der Waals surface area contributed by atoms with E-state index in [2.05, 4.69) is 33.2 Å². The van der Waals surface area contributed by atoms with E-state index in [9.17, 15) is 9.18 Å². The summed E-state index contributed by atoms with van der Waals surface area (Å²) >= 11 is 7.38. The summed E-state index contributed by atoms with van der Waals surface area (Å²) in [7, 11) is 0. The Hall–Kier alpha value is -1.54. The van der Waals surface area contributed by atoms with Gasteiger partial charge in [-0.2, -0.15) is 0 Å². The molecule has 2 rings (SSSR count). The second-order valence-electron chi connectivity index (χ2n) is 4.80. The monoisotopic (exact) mass is 428 g/mol. The van der Waals surface area contributed by atoms with Gasteiger partial charge in [-0.25, -0.2) is 4.39 Å². The number of hydrogen-bond acceptors (Lipinski definition) is 2. The number of aryl methyl sites for hydroxylation is 2. The van der Waals surface area contributed by atoms with Crippen LogP contribution < -0.4 is 10.6 Å². The van der Waals surface area contributed by atoms with Crippen LogP contribution in [0.25, 0.3) is 0 Å². The first-order valence-electron chi connectivity index (χ1n) is 6.52. The second kappa shape index (κ2) is 7.15. The molecule has 0 fully saturated rings. The summed E-state index contributed by atoms with van der Waals surface area (Å²) in [6.45, 7) is 3.91. The van der Waals surface area contributed by atoms with Gasteiger partial charge in [0.2, 0.25) is 0 Å². The molecular weight excluding hydrogens is 414 g/mol. The lowest BCUT2D eigenvalue weighted by molar-refractivity contribution is 0.0974. The first kappa shape index (κ1) is 16.8. The molecule has 0 radical (unpaired) electrons. The molecule has 114 valence electrons. The normalized spacial score (nSPS) is 10.2. The van der Waals surface area contributed by atoms with Gasteiger partial charge in [-0.3, -0.25) is 10.1 Å². The Bertz CT molecular complexity index is 726. The van der Waals surface area contributed by atoms with Crippen LogP contribution in [0.5, 0.6) is 0 Å². The van der Waals surface area contributed by atoms with Gasteiger partial charge in [0.1, 0.15) is 5.82 Å². The zero-order chi connectivity index (χ0) is 16.3. The van der Waals surface area contributed by atoms with E-state index in [0.717, 1.165) is 20.4 Å². The van der Waals surface area contributed by atoms with Crippen molar-refractivity contribution in [1.82, 2.24) is 5.32 Å². The lowest BCUT2D eigenvalue weighted by atomic mass is 10.1. The van der Waals surface area contributed by atoms with Crippen LogP contribution in [0.3, 0.4) is 0 Å². The lowest BCUT2D eigenvalue weighted by Crippen LogP contribution is -2.35. The highest BCUT2D eigenvalue weighted by Gasteiger charge is 2.13. The van der Waals surface area contributed by atoms with Gasteiger partial charge in [-0.15, -0.1) is 0 Å². The lowest BCUT2D eigenvalue weighted by Gasteiger charge is -2.15. The number of hydrogen-bond donors (Lipinski definition) is 2. The van der Waals surface area contributed by atoms with Crippen LogP contribution in [0.4, 0.5) is 10.1 Å². The third-order valence-electron chi connectivity index (χ3n) is 3.08. The average Bonchev–Trinajstić information content (AvgIpc) is 2.43. The number of thiocarbonyl (C=S) groups is 1. The fourth-order valence-corrected chi connectivity index (χ4v) is 3.20. The van der Waals surface area contributed by atoms with E-state index in [0.29, 0.717) is 0 Å². The molecule has 0 saturated carbocycles. The highest BCUT2D eigenvalue weighted by molar-refractivity contribution is 14.1. The number of anilines is 1. The van der Waals surface area contributed by atoms with Crippen LogP contribution in [0, 0.1) is 23.2 Å². The Balaban J connectivity index is 2.11. The summed E-state index contributed by atoms with van der Waals surface area (Å²) in [6.07, 6.45) is 0. The highest BCUT2D eigenvalue weighted by atomic mass is 127. The first-order valence-corrected chi connectivity index (χ1v) is 8.01. The number of carbonyl (C=O) groups is 1. The van der Waals surface area contributed by atoms with Crippen molar-refractivity contribution >= 4 is 51.5 Å². The van der Waals surface area contributed by atoms with Crippen molar-refractivity contribution in [3.05, 3.63) is 62.5 Å². The van der Waals surface area contributed by atoms with Crippen LogP contribution in [0.1, 0.15) is 21.5 Å². The Morgan fingerprint density at radius 2 is 1.77 bits per heavy atom. The molecule has 2 N–H and O–H groups in total. The predicted molar refractivity (Wildman–Crippen MR) is 98.7 cm³/mol. The third-order valence-corrected chi connectivity index (χ3v) is 3.91. The van der Waals surface area contributed by atoms with Crippen LogP contribution in [-0.2, 0) is 0 Å². The molecule has 0 heterocycles. The fraction of sp³-hybridized carbons (Fsp3) is 0.125. The number of nitrogens with one attached hydrogen (secondary N) is 2. The zero-order valence-corrected chi connectivity index (χ0v) is 15.0. The van der Waals surface area contributed by atoms with Crippen molar-refractivity contribution in [2.24, 2.45) is 0 Å². The minimum Gasteiger partial charge on any atom is -0.332 e. The number of amides is 1. The van der Waals surface area contributed by atoms with Crippen LogP contribution in [-0.4, -0.2) is 11.0 Å². The van der Waals surface area contributed by atoms with Gasteiger partial charge < -0.3 is 5.32 Å². The molecular formula is C16H14FIN2OS. The van der Waals surface area contributed by atoms with Crippen molar-refractivity contribution < 1.29 is 9.18 Å². The van der Waals surface area contributed by atoms with Crippen molar-refractivity contribution in [2.45, 2.75) is 13.8 Å². The molecule has 2 aromatic carbocycles. The number of carbonyl (C=O) groups excluding carboxylic acids is 1. The summed E-state index contributed by atoms with van der Waals surface area (Å²) < 4.78 is 14.7. The van der Waals surface area contributed by atoms with E-state index in [1.807, 2.05) is 26.0 Å². The summed E-state index contributed by atoms with van der Waals surface area (Å²) in [4.78, 5) is 12.0. The van der Waals surface area contributed by atoms with E-state index in [4.69, 9.17) is 12.2 Å². The van der Waals surface area contributed by atoms with Crippen molar-refractivity contribution in [1.29, 1.82) is 0 Å². The second-order valence-corrected chi connectivity index (χ2v) is 6.46. The summed E-state index contributed by atoms with van der Waals surface area (Å²) in [5.41, 5.74) is 2.85. The molecule has 0 aromatic heterocycles. The van der Waals surface area contributed by atoms with Gasteiger partial charge in [0, 0.05) is 9.26 Å². The average molecular weight is 428 g/mol. The standard InChI is InChI=1S/C16H14FIN2OS/c1-9-7-11(18)8-10(2)14(9)19-16(22)20-15(21)12-5-3-4-6-13(12)17/h3-8H,1-2H3,(H2,19,20,21,22). The molecule has 2 aromatic rings. The van der Waals surface area contributed by atoms with Crippen LogP contribution >= 0.6 is 34.8 Å². The Morgan fingerprint density at radius 1 is 1.18 bits per heavy atom. The maximum absolute atomic E-state index is 13.6. The van der Waals surface area contributed by atoms with E-state index < -0.39 is 11.7 Å². The maximum atomic E-state index is 13.6. The SMILES string of the molecule is Cc1cc(I)cc(C)c1NC(=S)NC(=O)c1ccccc1F. The molecule has 0 aliphatic carbocycles. The van der Waals surface area contributed by atoms with Gasteiger partial charge in [0.15, 0.2) is 5.11 Å². The Morgan fingerprint density at radius 3 is 2.36 bits per heavy atom. The maximum Gasteiger partial charge on any atom is 0.260 e. The topological polar surface area (TPSA) is 41.1 Å². The third kappa shape index (κ3) is 4.01. The van der Waals surface area contributed by atoms with Gasteiger partial charge in [-0.1, -0.05) is 12.1 Å². The van der Waals surface area contributed by atoms with Gasteiger partial charge >= 0.3 is 0 Å². The number of rotatable bonds is 2.